The van der Waals surface area contributed by atoms with Crippen LogP contribution in [0.3, 0.4) is 0 Å². The number of anilines is 1. The summed E-state index contributed by atoms with van der Waals surface area (Å²) >= 11 is 17.8. The van der Waals surface area contributed by atoms with Gasteiger partial charge in [-0.3, -0.25) is 9.69 Å². The molecule has 4 nitrogen and oxygen atoms in total. The summed E-state index contributed by atoms with van der Waals surface area (Å²) in [4.78, 5) is 14.2. The third kappa shape index (κ3) is 4.88. The van der Waals surface area contributed by atoms with Crippen molar-refractivity contribution >= 4 is 58.8 Å². The lowest BCUT2D eigenvalue weighted by atomic mass is 9.90. The van der Waals surface area contributed by atoms with Crippen LogP contribution < -0.4 is 11.1 Å². The minimum atomic E-state index is -0.128. The van der Waals surface area contributed by atoms with E-state index in [2.05, 4.69) is 17.1 Å². The van der Waals surface area contributed by atoms with Crippen molar-refractivity contribution in [3.05, 3.63) is 27.2 Å². The Labute approximate surface area is 151 Å². The first kappa shape index (κ1) is 19.8. The van der Waals surface area contributed by atoms with E-state index in [0.29, 0.717) is 33.8 Å². The molecule has 1 atom stereocenters. The lowest BCUT2D eigenvalue weighted by Crippen LogP contribution is -2.35. The van der Waals surface area contributed by atoms with Gasteiger partial charge in [-0.25, -0.2) is 0 Å². The normalized spacial score (nSPS) is 21.5. The number of carbonyl (C=O) groups excluding carboxylic acids is 1. The molecule has 1 aromatic carbocycles. The Morgan fingerprint density at radius 3 is 2.55 bits per heavy atom. The average molecular weight is 387 g/mol. The lowest BCUT2D eigenvalue weighted by Gasteiger charge is -2.22. The Hall–Kier alpha value is -0.230. The van der Waals surface area contributed by atoms with Crippen molar-refractivity contribution in [1.29, 1.82) is 0 Å². The minimum absolute atomic E-state index is 0. The zero-order valence-electron chi connectivity index (χ0n) is 12.2. The number of nitrogens with one attached hydrogen (secondary N) is 1. The quantitative estimate of drug-likeness (QED) is 0.776. The molecule has 1 fully saturated rings. The van der Waals surface area contributed by atoms with E-state index in [0.717, 1.165) is 19.5 Å². The van der Waals surface area contributed by atoms with Crippen LogP contribution in [0.2, 0.25) is 15.1 Å². The molecule has 0 aliphatic carbocycles. The van der Waals surface area contributed by atoms with Crippen LogP contribution in [0.4, 0.5) is 5.69 Å². The highest BCUT2D eigenvalue weighted by atomic mass is 35.5. The van der Waals surface area contributed by atoms with Gasteiger partial charge < -0.3 is 11.1 Å². The standard InChI is InChI=1S/C14H18Cl3N3O.ClH/c1-14(7-18)2-3-20(8-14)6-13(21)19-12-5-10(16)9(15)4-11(12)17;/h4-5H,2-3,6-8,18H2,1H3,(H,19,21);1H. The summed E-state index contributed by atoms with van der Waals surface area (Å²) in [5, 5.41) is 3.84. The fourth-order valence-corrected chi connectivity index (χ4v) is 3.03. The molecule has 0 bridgehead atoms. The molecule has 3 N–H and O–H groups in total. The van der Waals surface area contributed by atoms with Gasteiger partial charge in [-0.15, -0.1) is 12.4 Å². The van der Waals surface area contributed by atoms with Gasteiger partial charge >= 0.3 is 0 Å². The predicted octanol–water partition coefficient (Wildman–Crippen LogP) is 3.68. The minimum Gasteiger partial charge on any atom is -0.330 e. The fraction of sp³-hybridized carbons (Fsp3) is 0.500. The first-order chi connectivity index (χ1) is 9.83. The number of benzene rings is 1. The highest BCUT2D eigenvalue weighted by Crippen LogP contribution is 2.32. The number of halogens is 4. The lowest BCUT2D eigenvalue weighted by molar-refractivity contribution is -0.117. The SMILES string of the molecule is CC1(CN)CCN(CC(=O)Nc2cc(Cl)c(Cl)cc2Cl)C1.Cl. The summed E-state index contributed by atoms with van der Waals surface area (Å²) < 4.78 is 0. The number of nitrogens with two attached hydrogens (primary N) is 1. The molecule has 1 aliphatic rings. The maximum absolute atomic E-state index is 12.1. The number of carbonyl (C=O) groups is 1. The topological polar surface area (TPSA) is 58.4 Å². The fourth-order valence-electron chi connectivity index (χ4n) is 2.44. The van der Waals surface area contributed by atoms with Crippen molar-refractivity contribution < 1.29 is 4.79 Å². The first-order valence-electron chi connectivity index (χ1n) is 6.70. The van der Waals surface area contributed by atoms with Gasteiger partial charge in [0.15, 0.2) is 0 Å². The number of likely N-dealkylation sites (tertiary alicyclic amines) is 1. The number of amides is 1. The summed E-state index contributed by atoms with van der Waals surface area (Å²) in [6, 6.07) is 3.07. The van der Waals surface area contributed by atoms with Gasteiger partial charge in [-0.1, -0.05) is 41.7 Å². The van der Waals surface area contributed by atoms with Crippen LogP contribution in [0.1, 0.15) is 13.3 Å². The van der Waals surface area contributed by atoms with Gasteiger partial charge in [0.05, 0.1) is 27.3 Å². The van der Waals surface area contributed by atoms with Crippen LogP contribution in [0, 0.1) is 5.41 Å². The molecule has 2 rings (SSSR count). The van der Waals surface area contributed by atoms with Gasteiger partial charge in [-0.05, 0) is 37.1 Å². The second-order valence-electron chi connectivity index (χ2n) is 5.77. The molecule has 0 saturated carbocycles. The van der Waals surface area contributed by atoms with Gasteiger partial charge in [0.25, 0.3) is 0 Å². The number of hydrogen-bond donors (Lipinski definition) is 2. The van der Waals surface area contributed by atoms with E-state index in [9.17, 15) is 4.79 Å². The van der Waals surface area contributed by atoms with Crippen LogP contribution >= 0.6 is 47.2 Å². The van der Waals surface area contributed by atoms with E-state index in [1.807, 2.05) is 0 Å². The van der Waals surface area contributed by atoms with E-state index in [1.165, 1.54) is 6.07 Å². The van der Waals surface area contributed by atoms with Gasteiger partial charge in [0.1, 0.15) is 0 Å². The van der Waals surface area contributed by atoms with E-state index in [-0.39, 0.29) is 23.7 Å². The van der Waals surface area contributed by atoms with Crippen LogP contribution in [0.5, 0.6) is 0 Å². The average Bonchev–Trinajstić information content (AvgIpc) is 2.78. The molecular weight excluding hydrogens is 368 g/mol. The molecule has 1 aliphatic heterocycles. The van der Waals surface area contributed by atoms with Crippen LogP contribution in [0.15, 0.2) is 12.1 Å². The largest absolute Gasteiger partial charge is 0.330 e. The molecule has 22 heavy (non-hydrogen) atoms. The third-order valence-corrected chi connectivity index (χ3v) is 4.82. The molecule has 8 heteroatoms. The molecule has 0 spiro atoms. The molecular formula is C14H19Cl4N3O. The summed E-state index contributed by atoms with van der Waals surface area (Å²) in [6.07, 6.45) is 1.00. The molecule has 0 radical (unpaired) electrons. The molecule has 1 aromatic rings. The molecule has 1 unspecified atom stereocenters. The highest BCUT2D eigenvalue weighted by molar-refractivity contribution is 6.44. The van der Waals surface area contributed by atoms with Gasteiger partial charge in [0.2, 0.25) is 5.91 Å². The van der Waals surface area contributed by atoms with Crippen molar-refractivity contribution in [2.45, 2.75) is 13.3 Å². The third-order valence-electron chi connectivity index (χ3n) is 3.78. The summed E-state index contributed by atoms with van der Waals surface area (Å²) in [5.74, 6) is -0.128. The maximum Gasteiger partial charge on any atom is 0.238 e. The van der Waals surface area contributed by atoms with Crippen LogP contribution in [-0.2, 0) is 4.79 Å². The second-order valence-corrected chi connectivity index (χ2v) is 6.99. The maximum atomic E-state index is 12.1. The second kappa shape index (κ2) is 8.04. The first-order valence-corrected chi connectivity index (χ1v) is 7.83. The molecule has 1 saturated heterocycles. The van der Waals surface area contributed by atoms with E-state index in [4.69, 9.17) is 40.5 Å². The highest BCUT2D eigenvalue weighted by Gasteiger charge is 2.33. The predicted molar refractivity (Wildman–Crippen MR) is 95.6 cm³/mol. The number of hydrogen-bond acceptors (Lipinski definition) is 3. The van der Waals surface area contributed by atoms with E-state index in [1.54, 1.807) is 6.07 Å². The molecule has 1 amide bonds. The summed E-state index contributed by atoms with van der Waals surface area (Å²) in [6.45, 7) is 4.78. The van der Waals surface area contributed by atoms with E-state index < -0.39 is 0 Å². The molecule has 0 aromatic heterocycles. The molecule has 1 heterocycles. The Balaban J connectivity index is 0.00000242. The summed E-state index contributed by atoms with van der Waals surface area (Å²) in [7, 11) is 0. The van der Waals surface area contributed by atoms with Crippen molar-refractivity contribution in [2.75, 3.05) is 31.5 Å². The van der Waals surface area contributed by atoms with E-state index >= 15 is 0 Å². The number of rotatable bonds is 4. The Bertz CT molecular complexity index is 555. The van der Waals surface area contributed by atoms with Gasteiger partial charge in [0, 0.05) is 6.54 Å². The zero-order valence-corrected chi connectivity index (χ0v) is 15.2. The Morgan fingerprint density at radius 1 is 1.32 bits per heavy atom. The molecule has 124 valence electrons. The number of nitrogens with zero attached hydrogens (tertiary/aromatic N) is 1. The van der Waals surface area contributed by atoms with Crippen molar-refractivity contribution in [1.82, 2.24) is 4.90 Å². The van der Waals surface area contributed by atoms with Crippen molar-refractivity contribution in [2.24, 2.45) is 11.1 Å². The van der Waals surface area contributed by atoms with Crippen molar-refractivity contribution in [3.63, 3.8) is 0 Å². The smallest absolute Gasteiger partial charge is 0.238 e. The Kier molecular flexibility index (Phi) is 7.24. The zero-order chi connectivity index (χ0) is 15.6. The van der Waals surface area contributed by atoms with Crippen molar-refractivity contribution in [3.8, 4) is 0 Å². The van der Waals surface area contributed by atoms with Crippen LogP contribution in [0.25, 0.3) is 0 Å². The van der Waals surface area contributed by atoms with Crippen LogP contribution in [-0.4, -0.2) is 37.0 Å². The Morgan fingerprint density at radius 2 is 1.95 bits per heavy atom. The monoisotopic (exact) mass is 385 g/mol. The van der Waals surface area contributed by atoms with Gasteiger partial charge in [-0.2, -0.15) is 0 Å². The summed E-state index contributed by atoms with van der Waals surface area (Å²) in [5.41, 5.74) is 6.33.